The van der Waals surface area contributed by atoms with Crippen molar-refractivity contribution in [3.8, 4) is 0 Å². The van der Waals surface area contributed by atoms with E-state index in [-0.39, 0.29) is 46.1 Å². The number of unbranched alkanes of at least 4 members (excludes halogenated alkanes) is 1. The number of aliphatic hydroxyl groups excluding tert-OH is 1. The zero-order valence-electron chi connectivity index (χ0n) is 31.1. The number of fused-ring (bicyclic) bond motifs is 1. The number of hydrogen-bond donors (Lipinski definition) is 2. The minimum Gasteiger partial charge on any atom is -0.446 e. The molecule has 0 bridgehead atoms. The van der Waals surface area contributed by atoms with Gasteiger partial charge in [0.05, 0.1) is 37.1 Å². The van der Waals surface area contributed by atoms with Crippen molar-refractivity contribution < 1.29 is 34.0 Å². The van der Waals surface area contributed by atoms with Gasteiger partial charge in [0.2, 0.25) is 0 Å². The Labute approximate surface area is 285 Å². The van der Waals surface area contributed by atoms with Crippen LogP contribution in [0.4, 0.5) is 4.79 Å². The number of rotatable bonds is 9. The summed E-state index contributed by atoms with van der Waals surface area (Å²) in [5.41, 5.74) is -1.000. The molecule has 0 radical (unpaired) electrons. The predicted octanol–water partition coefficient (Wildman–Crippen LogP) is 6.84. The molecule has 0 aromatic heterocycles. The topological polar surface area (TPSA) is 97.7 Å². The first-order chi connectivity index (χ1) is 22.1. The molecule has 6 fully saturated rings. The average Bonchev–Trinajstić information content (AvgIpc) is 3.44. The van der Waals surface area contributed by atoms with Gasteiger partial charge in [-0.05, 0) is 112 Å². The lowest BCUT2D eigenvalue weighted by Gasteiger charge is -2.57. The van der Waals surface area contributed by atoms with Gasteiger partial charge >= 0.3 is 6.09 Å². The number of aliphatic hydroxyl groups is 2. The third-order valence-corrected chi connectivity index (χ3v) is 15.2. The SMILES string of the molecule is CCCCC12C(C3(C)CC4C(C)CC(C(OCC)C(C)(C)O)OC4C3O)CCC3C(C)(C)C(OC(=O)N4CCOCC4)CCC31C2C. The molecule has 1 amide bonds. The van der Waals surface area contributed by atoms with E-state index in [1.54, 1.807) is 0 Å². The van der Waals surface area contributed by atoms with Gasteiger partial charge in [-0.15, -0.1) is 0 Å². The van der Waals surface area contributed by atoms with Crippen LogP contribution in [0.1, 0.15) is 120 Å². The summed E-state index contributed by atoms with van der Waals surface area (Å²) in [6.45, 7) is 22.8. The van der Waals surface area contributed by atoms with Gasteiger partial charge in [0.1, 0.15) is 12.2 Å². The van der Waals surface area contributed by atoms with Crippen LogP contribution in [0.5, 0.6) is 0 Å². The van der Waals surface area contributed by atoms with Crippen LogP contribution in [0, 0.1) is 51.2 Å². The van der Waals surface area contributed by atoms with E-state index in [9.17, 15) is 15.0 Å². The molecule has 2 heterocycles. The summed E-state index contributed by atoms with van der Waals surface area (Å²) in [5.74, 6) is 2.15. The number of nitrogens with zero attached hydrogens (tertiary/aromatic N) is 1. The van der Waals surface area contributed by atoms with E-state index >= 15 is 0 Å². The zero-order chi connectivity index (χ0) is 34.2. The third kappa shape index (κ3) is 5.43. The van der Waals surface area contributed by atoms with Gasteiger partial charge in [-0.2, -0.15) is 0 Å². The standard InChI is InChI=1S/C39H67NO7/c1-10-12-16-38-25(4)39(38)17-15-30(47-34(42)40-18-20-44-21-19-40)35(5,6)28(39)13-14-29(38)37(9)23-26-24(3)22-27(46-31(26)32(37)41)33(45-11-2)36(7,8)43/h24-33,41,43H,10-23H2,1-9H3. The Morgan fingerprint density at radius 3 is 2.38 bits per heavy atom. The summed E-state index contributed by atoms with van der Waals surface area (Å²) in [6, 6.07) is 0. The molecule has 8 nitrogen and oxygen atoms in total. The molecule has 4 saturated carbocycles. The van der Waals surface area contributed by atoms with E-state index in [0.29, 0.717) is 62.5 Å². The molecule has 13 unspecified atom stereocenters. The highest BCUT2D eigenvalue weighted by molar-refractivity contribution is 5.68. The van der Waals surface area contributed by atoms with Gasteiger partial charge in [0, 0.05) is 25.1 Å². The largest absolute Gasteiger partial charge is 0.446 e. The zero-order valence-corrected chi connectivity index (χ0v) is 31.1. The number of morpholine rings is 1. The molecule has 2 aliphatic heterocycles. The van der Waals surface area contributed by atoms with Crippen LogP contribution < -0.4 is 0 Å². The maximum atomic E-state index is 13.3. The van der Waals surface area contributed by atoms with Crippen LogP contribution in [0.25, 0.3) is 0 Å². The predicted molar refractivity (Wildman–Crippen MR) is 182 cm³/mol. The normalized spacial score (nSPS) is 46.6. The van der Waals surface area contributed by atoms with Crippen LogP contribution in [0.3, 0.4) is 0 Å². The fraction of sp³-hybridized carbons (Fsp3) is 0.974. The monoisotopic (exact) mass is 661 g/mol. The summed E-state index contributed by atoms with van der Waals surface area (Å²) in [6.07, 6.45) is 7.92. The fourth-order valence-corrected chi connectivity index (χ4v) is 13.1. The summed E-state index contributed by atoms with van der Waals surface area (Å²) >= 11 is 0. The molecule has 2 saturated heterocycles. The molecular weight excluding hydrogens is 594 g/mol. The van der Waals surface area contributed by atoms with Gasteiger partial charge in [-0.3, -0.25) is 0 Å². The van der Waals surface area contributed by atoms with E-state index in [4.69, 9.17) is 18.9 Å². The van der Waals surface area contributed by atoms with Crippen molar-refractivity contribution in [3.05, 3.63) is 0 Å². The summed E-state index contributed by atoms with van der Waals surface area (Å²) < 4.78 is 24.8. The molecule has 270 valence electrons. The van der Waals surface area contributed by atoms with Gasteiger partial charge in [-0.25, -0.2) is 4.79 Å². The van der Waals surface area contributed by atoms with Crippen molar-refractivity contribution in [2.24, 2.45) is 51.2 Å². The van der Waals surface area contributed by atoms with Crippen LogP contribution in [-0.2, 0) is 18.9 Å². The molecule has 13 atom stereocenters. The van der Waals surface area contributed by atoms with Gasteiger partial charge in [0.25, 0.3) is 0 Å². The molecule has 6 rings (SSSR count). The van der Waals surface area contributed by atoms with Gasteiger partial charge < -0.3 is 34.1 Å². The minimum atomic E-state index is -1.03. The molecule has 0 aromatic rings. The molecule has 1 spiro atoms. The van der Waals surface area contributed by atoms with Crippen LogP contribution in [0.2, 0.25) is 0 Å². The Kier molecular flexibility index (Phi) is 9.68. The number of carbonyl (C=O) groups excluding carboxylic acids is 1. The van der Waals surface area contributed by atoms with Crippen molar-refractivity contribution in [2.75, 3.05) is 32.9 Å². The van der Waals surface area contributed by atoms with Crippen molar-refractivity contribution in [1.29, 1.82) is 0 Å². The molecule has 4 aliphatic carbocycles. The van der Waals surface area contributed by atoms with Crippen molar-refractivity contribution in [3.63, 3.8) is 0 Å². The Balaban J connectivity index is 1.27. The first kappa shape index (κ1) is 35.9. The highest BCUT2D eigenvalue weighted by Crippen LogP contribution is 2.88. The fourth-order valence-electron chi connectivity index (χ4n) is 13.1. The molecule has 47 heavy (non-hydrogen) atoms. The Hall–Kier alpha value is -0.930. The lowest BCUT2D eigenvalue weighted by atomic mass is 9.48. The van der Waals surface area contributed by atoms with E-state index in [1.165, 1.54) is 19.3 Å². The Morgan fingerprint density at radius 2 is 1.74 bits per heavy atom. The molecule has 0 aromatic carbocycles. The van der Waals surface area contributed by atoms with Crippen molar-refractivity contribution >= 4 is 6.09 Å². The van der Waals surface area contributed by atoms with E-state index in [2.05, 4.69) is 41.5 Å². The molecule has 6 aliphatic rings. The maximum absolute atomic E-state index is 13.3. The highest BCUT2D eigenvalue weighted by atomic mass is 16.6. The quantitative estimate of drug-likeness (QED) is 0.279. The smallest absolute Gasteiger partial charge is 0.410 e. The second-order valence-corrected chi connectivity index (χ2v) is 18.1. The van der Waals surface area contributed by atoms with E-state index < -0.39 is 17.8 Å². The first-order valence-corrected chi connectivity index (χ1v) is 19.3. The minimum absolute atomic E-state index is 0.0857. The van der Waals surface area contributed by atoms with Gasteiger partial charge in [0.15, 0.2) is 0 Å². The average molecular weight is 662 g/mol. The van der Waals surface area contributed by atoms with E-state index in [0.717, 1.165) is 38.5 Å². The van der Waals surface area contributed by atoms with Crippen molar-refractivity contribution in [2.45, 2.75) is 156 Å². The number of ether oxygens (including phenoxy) is 4. The summed E-state index contributed by atoms with van der Waals surface area (Å²) in [7, 11) is 0. The van der Waals surface area contributed by atoms with Crippen LogP contribution in [-0.4, -0.2) is 90.2 Å². The lowest BCUT2D eigenvalue weighted by Crippen LogP contribution is -2.56. The molecule has 2 N–H and O–H groups in total. The van der Waals surface area contributed by atoms with Gasteiger partial charge in [-0.1, -0.05) is 54.4 Å². The molecular formula is C39H67NO7. The number of carbonyl (C=O) groups is 1. The van der Waals surface area contributed by atoms with Crippen LogP contribution in [0.15, 0.2) is 0 Å². The Bertz CT molecular complexity index is 1130. The lowest BCUT2D eigenvalue weighted by molar-refractivity contribution is -0.214. The van der Waals surface area contributed by atoms with Crippen LogP contribution >= 0.6 is 0 Å². The molecule has 8 heteroatoms. The second kappa shape index (κ2) is 12.7. The number of hydrogen-bond acceptors (Lipinski definition) is 7. The summed E-state index contributed by atoms with van der Waals surface area (Å²) in [4.78, 5) is 15.1. The Morgan fingerprint density at radius 1 is 1.06 bits per heavy atom. The first-order valence-electron chi connectivity index (χ1n) is 19.3. The number of amides is 1. The third-order valence-electron chi connectivity index (χ3n) is 15.2. The van der Waals surface area contributed by atoms with Crippen molar-refractivity contribution in [1.82, 2.24) is 4.90 Å². The highest BCUT2D eigenvalue weighted by Gasteiger charge is 2.84. The van der Waals surface area contributed by atoms with E-state index in [1.807, 2.05) is 25.7 Å². The second-order valence-electron chi connectivity index (χ2n) is 18.1. The summed E-state index contributed by atoms with van der Waals surface area (Å²) in [5, 5.41) is 23.5. The maximum Gasteiger partial charge on any atom is 0.410 e.